The van der Waals surface area contributed by atoms with Gasteiger partial charge >= 0.3 is 0 Å². The summed E-state index contributed by atoms with van der Waals surface area (Å²) in [6, 6.07) is 13.5. The zero-order chi connectivity index (χ0) is 18.2. The highest BCUT2D eigenvalue weighted by Gasteiger charge is 2.07. The summed E-state index contributed by atoms with van der Waals surface area (Å²) in [4.78, 5) is 23.8. The lowest BCUT2D eigenvalue weighted by Gasteiger charge is -2.09. The van der Waals surface area contributed by atoms with Gasteiger partial charge in [0.05, 0.1) is 0 Å². The molecule has 0 heterocycles. The van der Waals surface area contributed by atoms with Crippen LogP contribution in [-0.4, -0.2) is 25.0 Å². The van der Waals surface area contributed by atoms with Crippen LogP contribution < -0.4 is 15.4 Å². The van der Waals surface area contributed by atoms with E-state index in [4.69, 9.17) is 16.3 Å². The van der Waals surface area contributed by atoms with Crippen molar-refractivity contribution in [2.24, 2.45) is 5.92 Å². The Morgan fingerprint density at radius 1 is 1.04 bits per heavy atom. The largest absolute Gasteiger partial charge is 0.484 e. The Hall–Kier alpha value is -2.53. The van der Waals surface area contributed by atoms with Crippen LogP contribution in [-0.2, 0) is 4.79 Å². The first kappa shape index (κ1) is 18.8. The maximum absolute atomic E-state index is 11.9. The van der Waals surface area contributed by atoms with Gasteiger partial charge in [-0.2, -0.15) is 0 Å². The summed E-state index contributed by atoms with van der Waals surface area (Å²) < 4.78 is 5.38. The second-order valence-electron chi connectivity index (χ2n) is 5.97. The van der Waals surface area contributed by atoms with E-state index in [-0.39, 0.29) is 18.4 Å². The van der Waals surface area contributed by atoms with Gasteiger partial charge in [0.25, 0.3) is 11.8 Å². The molecule has 0 atom stereocenters. The van der Waals surface area contributed by atoms with Gasteiger partial charge in [0.15, 0.2) is 6.61 Å². The van der Waals surface area contributed by atoms with Crippen LogP contribution >= 0.6 is 11.6 Å². The van der Waals surface area contributed by atoms with Crippen molar-refractivity contribution in [2.45, 2.75) is 13.8 Å². The van der Waals surface area contributed by atoms with Gasteiger partial charge in [-0.3, -0.25) is 9.59 Å². The molecule has 2 N–H and O–H groups in total. The van der Waals surface area contributed by atoms with Gasteiger partial charge in [-0.15, -0.1) is 0 Å². The first-order valence-corrected chi connectivity index (χ1v) is 8.38. The maximum Gasteiger partial charge on any atom is 0.262 e. The Morgan fingerprint density at radius 3 is 2.28 bits per heavy atom. The molecule has 0 aliphatic heterocycles. The van der Waals surface area contributed by atoms with Crippen LogP contribution in [0.15, 0.2) is 48.5 Å². The Balaban J connectivity index is 1.82. The van der Waals surface area contributed by atoms with E-state index in [1.54, 1.807) is 48.5 Å². The van der Waals surface area contributed by atoms with Crippen molar-refractivity contribution in [3.63, 3.8) is 0 Å². The molecule has 2 aromatic rings. The zero-order valence-electron chi connectivity index (χ0n) is 14.2. The number of carbonyl (C=O) groups is 2. The van der Waals surface area contributed by atoms with Crippen LogP contribution in [0.3, 0.4) is 0 Å². The summed E-state index contributed by atoms with van der Waals surface area (Å²) >= 11 is 5.79. The van der Waals surface area contributed by atoms with E-state index in [1.807, 2.05) is 13.8 Å². The van der Waals surface area contributed by atoms with Crippen molar-refractivity contribution in [2.75, 3.05) is 18.5 Å². The fraction of sp³-hybridized carbons (Fsp3) is 0.263. The average molecular weight is 361 g/mol. The molecule has 0 radical (unpaired) electrons. The average Bonchev–Trinajstić information content (AvgIpc) is 2.60. The minimum Gasteiger partial charge on any atom is -0.484 e. The molecule has 0 aliphatic carbocycles. The van der Waals surface area contributed by atoms with Crippen LogP contribution in [0, 0.1) is 5.92 Å². The molecule has 2 amide bonds. The van der Waals surface area contributed by atoms with Gasteiger partial charge in [-0.25, -0.2) is 0 Å². The summed E-state index contributed by atoms with van der Waals surface area (Å²) in [5.74, 6) is 0.546. The highest BCUT2D eigenvalue weighted by molar-refractivity contribution is 6.30. The SMILES string of the molecule is CC(C)CNC(=O)c1ccc(NC(=O)COc2ccc(Cl)cc2)cc1. The van der Waals surface area contributed by atoms with E-state index < -0.39 is 0 Å². The number of anilines is 1. The van der Waals surface area contributed by atoms with Crippen molar-refractivity contribution in [3.8, 4) is 5.75 Å². The molecule has 2 aromatic carbocycles. The van der Waals surface area contributed by atoms with Gasteiger partial charge < -0.3 is 15.4 Å². The molecule has 25 heavy (non-hydrogen) atoms. The molecule has 0 unspecified atom stereocenters. The third-order valence-corrected chi connectivity index (χ3v) is 3.54. The van der Waals surface area contributed by atoms with Gasteiger partial charge in [0.1, 0.15) is 5.75 Å². The van der Waals surface area contributed by atoms with E-state index in [0.717, 1.165) is 0 Å². The van der Waals surface area contributed by atoms with Crippen LogP contribution in [0.25, 0.3) is 0 Å². The van der Waals surface area contributed by atoms with Crippen LogP contribution in [0.1, 0.15) is 24.2 Å². The molecule has 5 nitrogen and oxygen atoms in total. The molecule has 0 aromatic heterocycles. The minimum absolute atomic E-state index is 0.113. The number of ether oxygens (including phenoxy) is 1. The standard InChI is InChI=1S/C19H21ClN2O3/c1-13(2)11-21-19(24)14-3-7-16(8-4-14)22-18(23)12-25-17-9-5-15(20)6-10-17/h3-10,13H,11-12H2,1-2H3,(H,21,24)(H,22,23). The van der Waals surface area contributed by atoms with Crippen molar-refractivity contribution in [1.29, 1.82) is 0 Å². The van der Waals surface area contributed by atoms with E-state index in [0.29, 0.717) is 34.5 Å². The zero-order valence-corrected chi connectivity index (χ0v) is 15.0. The minimum atomic E-state index is -0.285. The molecule has 0 aliphatic rings. The van der Waals surface area contributed by atoms with Crippen LogP contribution in [0.2, 0.25) is 5.02 Å². The molecule has 132 valence electrons. The van der Waals surface area contributed by atoms with Gasteiger partial charge in [0, 0.05) is 22.8 Å². The van der Waals surface area contributed by atoms with Gasteiger partial charge in [-0.05, 0) is 54.4 Å². The summed E-state index contributed by atoms with van der Waals surface area (Å²) in [5, 5.41) is 6.17. The van der Waals surface area contributed by atoms with Crippen LogP contribution in [0.4, 0.5) is 5.69 Å². The second-order valence-corrected chi connectivity index (χ2v) is 6.41. The number of hydrogen-bond donors (Lipinski definition) is 2. The number of nitrogens with one attached hydrogen (secondary N) is 2. The van der Waals surface area contributed by atoms with E-state index >= 15 is 0 Å². The van der Waals surface area contributed by atoms with Gasteiger partial charge in [0.2, 0.25) is 0 Å². The Kier molecular flexibility index (Phi) is 6.83. The summed E-state index contributed by atoms with van der Waals surface area (Å²) in [6.07, 6.45) is 0. The van der Waals surface area contributed by atoms with Crippen LogP contribution in [0.5, 0.6) is 5.75 Å². The lowest BCUT2D eigenvalue weighted by atomic mass is 10.1. The predicted octanol–water partition coefficient (Wildman–Crippen LogP) is 3.74. The molecular formula is C19H21ClN2O3. The van der Waals surface area contributed by atoms with Crippen molar-refractivity contribution < 1.29 is 14.3 Å². The van der Waals surface area contributed by atoms with Crippen molar-refractivity contribution >= 4 is 29.1 Å². The first-order valence-electron chi connectivity index (χ1n) is 8.00. The first-order chi connectivity index (χ1) is 11.9. The normalized spacial score (nSPS) is 10.4. The lowest BCUT2D eigenvalue weighted by molar-refractivity contribution is -0.118. The van der Waals surface area contributed by atoms with Crippen molar-refractivity contribution in [3.05, 3.63) is 59.1 Å². The molecule has 6 heteroatoms. The molecule has 0 fully saturated rings. The summed E-state index contributed by atoms with van der Waals surface area (Å²) in [5.41, 5.74) is 1.15. The van der Waals surface area contributed by atoms with Gasteiger partial charge in [-0.1, -0.05) is 25.4 Å². The number of halogens is 1. The molecular weight excluding hydrogens is 340 g/mol. The fourth-order valence-electron chi connectivity index (χ4n) is 1.98. The Labute approximate surface area is 152 Å². The molecule has 0 saturated heterocycles. The van der Waals surface area contributed by atoms with E-state index in [2.05, 4.69) is 10.6 Å². The topological polar surface area (TPSA) is 67.4 Å². The second kappa shape index (κ2) is 9.08. The third kappa shape index (κ3) is 6.47. The van der Waals surface area contributed by atoms with Crippen molar-refractivity contribution in [1.82, 2.24) is 5.32 Å². The molecule has 0 bridgehead atoms. The predicted molar refractivity (Wildman–Crippen MR) is 99.2 cm³/mol. The molecule has 2 rings (SSSR count). The van der Waals surface area contributed by atoms with E-state index in [9.17, 15) is 9.59 Å². The number of rotatable bonds is 7. The highest BCUT2D eigenvalue weighted by Crippen LogP contribution is 2.15. The molecule has 0 spiro atoms. The highest BCUT2D eigenvalue weighted by atomic mass is 35.5. The maximum atomic E-state index is 11.9. The van der Waals surface area contributed by atoms with E-state index in [1.165, 1.54) is 0 Å². The number of benzene rings is 2. The monoisotopic (exact) mass is 360 g/mol. The third-order valence-electron chi connectivity index (χ3n) is 3.29. The Bertz CT molecular complexity index is 712. The summed E-state index contributed by atoms with van der Waals surface area (Å²) in [6.45, 7) is 4.58. The fourth-order valence-corrected chi connectivity index (χ4v) is 2.11. The molecule has 0 saturated carbocycles. The quantitative estimate of drug-likeness (QED) is 0.790. The Morgan fingerprint density at radius 2 is 1.68 bits per heavy atom. The number of carbonyl (C=O) groups excluding carboxylic acids is 2. The summed E-state index contributed by atoms with van der Waals surface area (Å²) in [7, 11) is 0. The number of amides is 2. The lowest BCUT2D eigenvalue weighted by Crippen LogP contribution is -2.27. The smallest absolute Gasteiger partial charge is 0.262 e. The number of hydrogen-bond acceptors (Lipinski definition) is 3.